The highest BCUT2D eigenvalue weighted by molar-refractivity contribution is 9.10. The molecule has 0 unspecified atom stereocenters. The molecular weight excluding hydrogens is 364 g/mol. The third-order valence-electron chi connectivity index (χ3n) is 3.68. The molecule has 122 valence electrons. The normalized spacial score (nSPS) is 10.5. The number of halogens is 1. The van der Waals surface area contributed by atoms with Gasteiger partial charge in [-0.25, -0.2) is 4.98 Å². The molecule has 0 spiro atoms. The fraction of sp³-hybridized carbons (Fsp3) is 0.158. The lowest BCUT2D eigenvalue weighted by Crippen LogP contribution is -2.05. The van der Waals surface area contributed by atoms with Crippen LogP contribution in [0.4, 0.5) is 17.5 Å². The second-order valence-electron chi connectivity index (χ2n) is 5.69. The lowest BCUT2D eigenvalue weighted by Gasteiger charge is -2.11. The number of rotatable bonds is 5. The molecule has 24 heavy (non-hydrogen) atoms. The molecule has 0 atom stereocenters. The molecule has 0 radical (unpaired) electrons. The fourth-order valence-corrected chi connectivity index (χ4v) is 2.78. The van der Waals surface area contributed by atoms with Crippen molar-refractivity contribution in [3.63, 3.8) is 0 Å². The molecule has 4 nitrogen and oxygen atoms in total. The average Bonchev–Trinajstić information content (AvgIpc) is 2.57. The standard InChI is InChI=1S/C19H19BrN4/c1-13-3-5-15(6-4-13)12-22-19-21-10-9-18(24-19)23-17-8-7-16(20)11-14(17)2/h3-11H,12H2,1-2H3,(H2,21,22,23,24). The number of benzene rings is 2. The Labute approximate surface area is 150 Å². The van der Waals surface area contributed by atoms with E-state index in [9.17, 15) is 0 Å². The summed E-state index contributed by atoms with van der Waals surface area (Å²) >= 11 is 3.48. The van der Waals surface area contributed by atoms with E-state index in [0.717, 1.165) is 21.5 Å². The van der Waals surface area contributed by atoms with Gasteiger partial charge in [0.25, 0.3) is 0 Å². The van der Waals surface area contributed by atoms with Gasteiger partial charge in [0.15, 0.2) is 0 Å². The van der Waals surface area contributed by atoms with Crippen LogP contribution in [0.3, 0.4) is 0 Å². The van der Waals surface area contributed by atoms with Gasteiger partial charge in [-0.3, -0.25) is 0 Å². The van der Waals surface area contributed by atoms with Crippen LogP contribution < -0.4 is 10.6 Å². The van der Waals surface area contributed by atoms with Crippen molar-refractivity contribution in [2.24, 2.45) is 0 Å². The summed E-state index contributed by atoms with van der Waals surface area (Å²) in [6.45, 7) is 4.84. The molecular formula is C19H19BrN4. The van der Waals surface area contributed by atoms with E-state index in [1.807, 2.05) is 18.2 Å². The number of aromatic nitrogens is 2. The zero-order chi connectivity index (χ0) is 16.9. The summed E-state index contributed by atoms with van der Waals surface area (Å²) in [5, 5.41) is 6.59. The van der Waals surface area contributed by atoms with Gasteiger partial charge in [0, 0.05) is 22.9 Å². The van der Waals surface area contributed by atoms with Crippen molar-refractivity contribution in [3.8, 4) is 0 Å². The van der Waals surface area contributed by atoms with Crippen LogP contribution in [0.2, 0.25) is 0 Å². The molecule has 0 fully saturated rings. The predicted molar refractivity (Wildman–Crippen MR) is 103 cm³/mol. The van der Waals surface area contributed by atoms with E-state index < -0.39 is 0 Å². The highest BCUT2D eigenvalue weighted by atomic mass is 79.9. The van der Waals surface area contributed by atoms with E-state index in [-0.39, 0.29) is 0 Å². The Bertz CT molecular complexity index is 831. The molecule has 0 saturated carbocycles. The van der Waals surface area contributed by atoms with Gasteiger partial charge in [-0.15, -0.1) is 0 Å². The Morgan fingerprint density at radius 2 is 1.79 bits per heavy atom. The van der Waals surface area contributed by atoms with E-state index in [1.54, 1.807) is 6.20 Å². The van der Waals surface area contributed by atoms with Gasteiger partial charge >= 0.3 is 0 Å². The lowest BCUT2D eigenvalue weighted by molar-refractivity contribution is 1.05. The van der Waals surface area contributed by atoms with Crippen molar-refractivity contribution in [1.82, 2.24) is 9.97 Å². The first-order valence-corrected chi connectivity index (χ1v) is 8.55. The highest BCUT2D eigenvalue weighted by Gasteiger charge is 2.03. The van der Waals surface area contributed by atoms with Gasteiger partial charge in [-0.2, -0.15) is 4.98 Å². The monoisotopic (exact) mass is 382 g/mol. The Hall–Kier alpha value is -2.40. The molecule has 0 aliphatic rings. The molecule has 0 saturated heterocycles. The smallest absolute Gasteiger partial charge is 0.224 e. The summed E-state index contributed by atoms with van der Waals surface area (Å²) < 4.78 is 1.06. The molecule has 2 N–H and O–H groups in total. The van der Waals surface area contributed by atoms with Crippen LogP contribution in [0.1, 0.15) is 16.7 Å². The lowest BCUT2D eigenvalue weighted by atomic mass is 10.1. The van der Waals surface area contributed by atoms with Crippen LogP contribution in [-0.4, -0.2) is 9.97 Å². The Balaban J connectivity index is 1.68. The van der Waals surface area contributed by atoms with Gasteiger partial charge in [-0.05, 0) is 49.2 Å². The van der Waals surface area contributed by atoms with Gasteiger partial charge in [0.1, 0.15) is 5.82 Å². The first-order valence-electron chi connectivity index (χ1n) is 7.76. The summed E-state index contributed by atoms with van der Waals surface area (Å²) in [6, 6.07) is 16.4. The third-order valence-corrected chi connectivity index (χ3v) is 4.17. The van der Waals surface area contributed by atoms with Crippen molar-refractivity contribution >= 4 is 33.4 Å². The van der Waals surface area contributed by atoms with Crippen LogP contribution >= 0.6 is 15.9 Å². The van der Waals surface area contributed by atoms with E-state index in [4.69, 9.17) is 0 Å². The van der Waals surface area contributed by atoms with Crippen molar-refractivity contribution in [1.29, 1.82) is 0 Å². The third kappa shape index (κ3) is 4.32. The number of hydrogen-bond acceptors (Lipinski definition) is 4. The first kappa shape index (κ1) is 16.5. The van der Waals surface area contributed by atoms with E-state index in [0.29, 0.717) is 12.5 Å². The molecule has 0 aliphatic heterocycles. The number of hydrogen-bond donors (Lipinski definition) is 2. The van der Waals surface area contributed by atoms with Crippen molar-refractivity contribution in [2.75, 3.05) is 10.6 Å². The summed E-state index contributed by atoms with van der Waals surface area (Å²) in [6.07, 6.45) is 1.75. The SMILES string of the molecule is Cc1ccc(CNc2nccc(Nc3ccc(Br)cc3C)n2)cc1. The molecule has 3 aromatic rings. The fourth-order valence-electron chi connectivity index (χ4n) is 2.31. The molecule has 0 amide bonds. The largest absolute Gasteiger partial charge is 0.350 e. The maximum absolute atomic E-state index is 4.52. The predicted octanol–water partition coefficient (Wildman–Crippen LogP) is 5.21. The van der Waals surface area contributed by atoms with Crippen LogP contribution in [0.5, 0.6) is 0 Å². The van der Waals surface area contributed by atoms with Gasteiger partial charge in [-0.1, -0.05) is 45.8 Å². The number of anilines is 3. The second kappa shape index (κ2) is 7.45. The van der Waals surface area contributed by atoms with Crippen LogP contribution in [0.15, 0.2) is 59.2 Å². The summed E-state index contributed by atoms with van der Waals surface area (Å²) in [4.78, 5) is 8.80. The van der Waals surface area contributed by atoms with Crippen molar-refractivity contribution in [3.05, 3.63) is 75.9 Å². The number of nitrogens with zero attached hydrogens (tertiary/aromatic N) is 2. The molecule has 0 bridgehead atoms. The zero-order valence-corrected chi connectivity index (χ0v) is 15.3. The quantitative estimate of drug-likeness (QED) is 0.635. The molecule has 5 heteroatoms. The van der Waals surface area contributed by atoms with Crippen molar-refractivity contribution < 1.29 is 0 Å². The molecule has 1 aromatic heterocycles. The Morgan fingerprint density at radius 3 is 2.54 bits per heavy atom. The summed E-state index contributed by atoms with van der Waals surface area (Å²) in [5.74, 6) is 1.37. The van der Waals surface area contributed by atoms with Crippen LogP contribution in [0.25, 0.3) is 0 Å². The minimum absolute atomic E-state index is 0.607. The minimum atomic E-state index is 0.607. The van der Waals surface area contributed by atoms with E-state index in [2.05, 4.69) is 80.7 Å². The van der Waals surface area contributed by atoms with Gasteiger partial charge in [0.2, 0.25) is 5.95 Å². The van der Waals surface area contributed by atoms with Crippen molar-refractivity contribution in [2.45, 2.75) is 20.4 Å². The highest BCUT2D eigenvalue weighted by Crippen LogP contribution is 2.23. The maximum Gasteiger partial charge on any atom is 0.224 e. The Morgan fingerprint density at radius 1 is 1.00 bits per heavy atom. The van der Waals surface area contributed by atoms with E-state index in [1.165, 1.54) is 11.1 Å². The van der Waals surface area contributed by atoms with Crippen LogP contribution in [-0.2, 0) is 6.54 Å². The topological polar surface area (TPSA) is 49.8 Å². The minimum Gasteiger partial charge on any atom is -0.350 e. The summed E-state index contributed by atoms with van der Waals surface area (Å²) in [5.41, 5.74) is 4.64. The Kier molecular flexibility index (Phi) is 5.11. The second-order valence-corrected chi connectivity index (χ2v) is 6.60. The van der Waals surface area contributed by atoms with Gasteiger partial charge < -0.3 is 10.6 Å². The van der Waals surface area contributed by atoms with E-state index >= 15 is 0 Å². The first-order chi connectivity index (χ1) is 11.6. The van der Waals surface area contributed by atoms with Crippen LogP contribution in [0, 0.1) is 13.8 Å². The molecule has 3 rings (SSSR count). The average molecular weight is 383 g/mol. The van der Waals surface area contributed by atoms with Gasteiger partial charge in [0.05, 0.1) is 0 Å². The maximum atomic E-state index is 4.52. The zero-order valence-electron chi connectivity index (χ0n) is 13.7. The summed E-state index contributed by atoms with van der Waals surface area (Å²) in [7, 11) is 0. The molecule has 2 aromatic carbocycles. The molecule has 1 heterocycles. The number of nitrogens with one attached hydrogen (secondary N) is 2. The molecule has 0 aliphatic carbocycles. The number of aryl methyl sites for hydroxylation is 2.